The Hall–Kier alpha value is -0.0800. The van der Waals surface area contributed by atoms with Gasteiger partial charge in [-0.05, 0) is 62.2 Å². The highest BCUT2D eigenvalue weighted by Crippen LogP contribution is 2.57. The fourth-order valence-corrected chi connectivity index (χ4v) is 5.03. The molecule has 4 bridgehead atoms. The summed E-state index contributed by atoms with van der Waals surface area (Å²) < 4.78 is 0. The average Bonchev–Trinajstić information content (AvgIpc) is 2.11. The SMILES string of the molecule is CC(C)CN(C)OC12CC3CC(CC(C3)C1)C2. The third-order valence-corrected chi connectivity index (χ3v) is 4.95. The molecule has 17 heavy (non-hydrogen) atoms. The van der Waals surface area contributed by atoms with Gasteiger partial charge in [0.2, 0.25) is 0 Å². The first kappa shape index (κ1) is 12.0. The molecule has 4 saturated carbocycles. The first-order valence-electron chi connectivity index (χ1n) is 7.45. The molecule has 0 N–H and O–H groups in total. The van der Waals surface area contributed by atoms with E-state index in [1.807, 2.05) is 0 Å². The third kappa shape index (κ3) is 2.39. The summed E-state index contributed by atoms with van der Waals surface area (Å²) in [7, 11) is 2.12. The van der Waals surface area contributed by atoms with Crippen molar-refractivity contribution in [3.63, 3.8) is 0 Å². The predicted octanol–water partition coefficient (Wildman–Crippen LogP) is 3.47. The smallest absolute Gasteiger partial charge is 0.0907 e. The van der Waals surface area contributed by atoms with E-state index in [1.54, 1.807) is 0 Å². The standard InChI is InChI=1S/C15H27NO/c1-11(2)10-16(3)17-15-7-12-4-13(8-15)6-14(5-12)9-15/h11-14H,4-10H2,1-3H3. The highest BCUT2D eigenvalue weighted by Gasteiger charge is 2.52. The van der Waals surface area contributed by atoms with Crippen molar-refractivity contribution >= 4 is 0 Å². The number of hydrogen-bond donors (Lipinski definition) is 0. The summed E-state index contributed by atoms with van der Waals surface area (Å²) in [6.07, 6.45) is 8.49. The molecule has 0 amide bonds. The van der Waals surface area contributed by atoms with Gasteiger partial charge in [0.1, 0.15) is 0 Å². The molecule has 0 aromatic rings. The van der Waals surface area contributed by atoms with E-state index in [2.05, 4.69) is 26.0 Å². The molecule has 4 aliphatic carbocycles. The summed E-state index contributed by atoms with van der Waals surface area (Å²) in [6.45, 7) is 5.58. The van der Waals surface area contributed by atoms with Gasteiger partial charge in [-0.1, -0.05) is 13.8 Å². The predicted molar refractivity (Wildman–Crippen MR) is 69.5 cm³/mol. The highest BCUT2D eigenvalue weighted by atomic mass is 16.7. The second kappa shape index (κ2) is 4.24. The van der Waals surface area contributed by atoms with Crippen LogP contribution in [0.1, 0.15) is 52.4 Å². The van der Waals surface area contributed by atoms with Crippen LogP contribution in [0.5, 0.6) is 0 Å². The molecular formula is C15H27NO. The van der Waals surface area contributed by atoms with Crippen LogP contribution < -0.4 is 0 Å². The minimum atomic E-state index is 0.235. The fourth-order valence-electron chi connectivity index (χ4n) is 5.03. The molecule has 4 rings (SSSR count). The first-order valence-corrected chi connectivity index (χ1v) is 7.45. The van der Waals surface area contributed by atoms with Crippen molar-refractivity contribution in [1.82, 2.24) is 5.06 Å². The topological polar surface area (TPSA) is 12.5 Å². The van der Waals surface area contributed by atoms with Crippen molar-refractivity contribution in [1.29, 1.82) is 0 Å². The molecule has 0 atom stereocenters. The number of rotatable bonds is 4. The third-order valence-electron chi connectivity index (χ3n) is 4.95. The molecule has 4 aliphatic rings. The van der Waals surface area contributed by atoms with Gasteiger partial charge in [0.05, 0.1) is 5.60 Å². The second-order valence-corrected chi connectivity index (χ2v) is 7.40. The van der Waals surface area contributed by atoms with Crippen molar-refractivity contribution < 1.29 is 4.84 Å². The van der Waals surface area contributed by atoms with Crippen LogP contribution in [0.3, 0.4) is 0 Å². The van der Waals surface area contributed by atoms with Crippen LogP contribution in [0.25, 0.3) is 0 Å². The number of nitrogens with zero attached hydrogens (tertiary/aromatic N) is 1. The summed E-state index contributed by atoms with van der Waals surface area (Å²) >= 11 is 0. The van der Waals surface area contributed by atoms with Gasteiger partial charge in [0, 0.05) is 13.6 Å². The van der Waals surface area contributed by atoms with Crippen molar-refractivity contribution in [2.45, 2.75) is 58.0 Å². The van der Waals surface area contributed by atoms with Crippen molar-refractivity contribution in [2.75, 3.05) is 13.6 Å². The molecule has 0 aliphatic heterocycles. The normalized spacial score (nSPS) is 43.9. The molecule has 4 fully saturated rings. The van der Waals surface area contributed by atoms with Gasteiger partial charge in [0.15, 0.2) is 0 Å². The van der Waals surface area contributed by atoms with Crippen LogP contribution in [0, 0.1) is 23.7 Å². The van der Waals surface area contributed by atoms with Crippen LogP contribution in [0.2, 0.25) is 0 Å². The van der Waals surface area contributed by atoms with Crippen LogP contribution in [-0.4, -0.2) is 24.3 Å². The van der Waals surface area contributed by atoms with Crippen molar-refractivity contribution in [3.05, 3.63) is 0 Å². The lowest BCUT2D eigenvalue weighted by Crippen LogP contribution is -2.54. The van der Waals surface area contributed by atoms with E-state index in [0.29, 0.717) is 5.92 Å². The number of hydrogen-bond acceptors (Lipinski definition) is 2. The summed E-state index contributed by atoms with van der Waals surface area (Å²) in [5.74, 6) is 3.63. The van der Waals surface area contributed by atoms with Gasteiger partial charge in [0.25, 0.3) is 0 Å². The maximum Gasteiger partial charge on any atom is 0.0907 e. The molecule has 0 unspecified atom stereocenters. The zero-order valence-corrected chi connectivity index (χ0v) is 11.6. The lowest BCUT2D eigenvalue weighted by atomic mass is 9.54. The molecule has 2 heteroatoms. The van der Waals surface area contributed by atoms with Crippen LogP contribution >= 0.6 is 0 Å². The van der Waals surface area contributed by atoms with Gasteiger partial charge in [-0.3, -0.25) is 4.84 Å². The van der Waals surface area contributed by atoms with E-state index in [1.165, 1.54) is 38.5 Å². The monoisotopic (exact) mass is 237 g/mol. The summed E-state index contributed by atoms with van der Waals surface area (Å²) in [6, 6.07) is 0. The Kier molecular flexibility index (Phi) is 2.99. The number of hydroxylamine groups is 2. The van der Waals surface area contributed by atoms with Crippen LogP contribution in [-0.2, 0) is 4.84 Å². The molecule has 0 radical (unpaired) electrons. The quantitative estimate of drug-likeness (QED) is 0.694. The molecule has 98 valence electrons. The summed E-state index contributed by atoms with van der Waals surface area (Å²) in [5.41, 5.74) is 0.235. The van der Waals surface area contributed by atoms with Gasteiger partial charge in [-0.25, -0.2) is 0 Å². The fraction of sp³-hybridized carbons (Fsp3) is 1.00. The van der Waals surface area contributed by atoms with Gasteiger partial charge < -0.3 is 0 Å². The van der Waals surface area contributed by atoms with Crippen molar-refractivity contribution in [2.24, 2.45) is 23.7 Å². The van der Waals surface area contributed by atoms with Gasteiger partial charge >= 0.3 is 0 Å². The molecule has 0 aromatic carbocycles. The minimum absolute atomic E-state index is 0.235. The second-order valence-electron chi connectivity index (χ2n) is 7.40. The Labute approximate surface area is 106 Å². The highest BCUT2D eigenvalue weighted by molar-refractivity contribution is 5.02. The average molecular weight is 237 g/mol. The zero-order valence-electron chi connectivity index (χ0n) is 11.6. The maximum absolute atomic E-state index is 6.39. The van der Waals surface area contributed by atoms with E-state index in [9.17, 15) is 0 Å². The Bertz CT molecular complexity index is 251. The Balaban J connectivity index is 1.65. The minimum Gasteiger partial charge on any atom is -0.293 e. The van der Waals surface area contributed by atoms with Gasteiger partial charge in [-0.2, -0.15) is 5.06 Å². The van der Waals surface area contributed by atoms with E-state index in [4.69, 9.17) is 4.84 Å². The first-order chi connectivity index (χ1) is 8.05. The summed E-state index contributed by atoms with van der Waals surface area (Å²) in [5, 5.41) is 2.12. The summed E-state index contributed by atoms with van der Waals surface area (Å²) in [4.78, 5) is 6.39. The van der Waals surface area contributed by atoms with E-state index in [-0.39, 0.29) is 5.60 Å². The maximum atomic E-state index is 6.39. The molecule has 2 nitrogen and oxygen atoms in total. The van der Waals surface area contributed by atoms with Crippen molar-refractivity contribution in [3.8, 4) is 0 Å². The van der Waals surface area contributed by atoms with Crippen LogP contribution in [0.15, 0.2) is 0 Å². The van der Waals surface area contributed by atoms with E-state index >= 15 is 0 Å². The van der Waals surface area contributed by atoms with E-state index in [0.717, 1.165) is 24.3 Å². The van der Waals surface area contributed by atoms with Crippen LogP contribution in [0.4, 0.5) is 0 Å². The Morgan fingerprint density at radius 3 is 1.94 bits per heavy atom. The lowest BCUT2D eigenvalue weighted by molar-refractivity contribution is -0.284. The van der Waals surface area contributed by atoms with Gasteiger partial charge in [-0.15, -0.1) is 0 Å². The molecule has 0 heterocycles. The Morgan fingerprint density at radius 2 is 1.53 bits per heavy atom. The zero-order chi connectivity index (χ0) is 12.0. The molecule has 0 spiro atoms. The largest absolute Gasteiger partial charge is 0.293 e. The Morgan fingerprint density at radius 1 is 1.06 bits per heavy atom. The molecule has 0 aromatic heterocycles. The lowest BCUT2D eigenvalue weighted by Gasteiger charge is -2.56. The molecular weight excluding hydrogens is 210 g/mol. The van der Waals surface area contributed by atoms with E-state index < -0.39 is 0 Å². The molecule has 0 saturated heterocycles.